The molecule has 0 aliphatic carbocycles. The number of alkyl halides is 1. The summed E-state index contributed by atoms with van der Waals surface area (Å²) in [7, 11) is 6.74. The molecular weight excluding hydrogens is 242 g/mol. The Morgan fingerprint density at radius 1 is 1.06 bits per heavy atom. The Kier molecular flexibility index (Phi) is 5.38. The number of rotatable bonds is 6. The molecule has 0 heterocycles. The van der Waals surface area contributed by atoms with Crippen LogP contribution >= 0.6 is 11.6 Å². The molecule has 1 aromatic carbocycles. The van der Waals surface area contributed by atoms with Crippen LogP contribution in [0.1, 0.15) is 5.56 Å². The summed E-state index contributed by atoms with van der Waals surface area (Å²) in [6, 6.07) is 4.31. The van der Waals surface area contributed by atoms with E-state index in [1.165, 1.54) is 0 Å². The van der Waals surface area contributed by atoms with Gasteiger partial charge in [-0.3, -0.25) is 4.90 Å². The first-order valence-corrected chi connectivity index (χ1v) is 5.73. The van der Waals surface area contributed by atoms with E-state index < -0.39 is 0 Å². The van der Waals surface area contributed by atoms with Gasteiger partial charge in [0.25, 0.3) is 0 Å². The van der Waals surface area contributed by atoms with E-state index >= 15 is 0 Å². The Balaban J connectivity index is 3.08. The summed E-state index contributed by atoms with van der Waals surface area (Å²) >= 11 is 5.75. The molecule has 0 saturated carbocycles. The van der Waals surface area contributed by atoms with Crippen LogP contribution in [0.4, 0.5) is 0 Å². The molecule has 0 N–H and O–H groups in total. The maximum Gasteiger partial charge on any atom is 0.203 e. The summed E-state index contributed by atoms with van der Waals surface area (Å²) in [6.07, 6.45) is 0. The summed E-state index contributed by atoms with van der Waals surface area (Å²) in [5.41, 5.74) is 1.06. The summed E-state index contributed by atoms with van der Waals surface area (Å²) < 4.78 is 15.8. The van der Waals surface area contributed by atoms with E-state index in [1.54, 1.807) is 21.3 Å². The van der Waals surface area contributed by atoms with E-state index in [9.17, 15) is 0 Å². The van der Waals surface area contributed by atoms with Gasteiger partial charge in [0.2, 0.25) is 5.75 Å². The first-order valence-electron chi connectivity index (χ1n) is 5.19. The van der Waals surface area contributed by atoms with Crippen molar-refractivity contribution in [3.05, 3.63) is 17.7 Å². The second-order valence-corrected chi connectivity index (χ2v) is 3.91. The standard InChI is InChI=1S/C12H18ClNO3/c1-14(8-13)7-9-5-10(15-2)12(17-4)11(6-9)16-3/h5-6H,7-8H2,1-4H3. The second kappa shape index (κ2) is 6.57. The molecule has 96 valence electrons. The van der Waals surface area contributed by atoms with Crippen LogP contribution in [0, 0.1) is 0 Å². The minimum atomic E-state index is 0.469. The summed E-state index contributed by atoms with van der Waals surface area (Å²) in [4.78, 5) is 1.97. The van der Waals surface area contributed by atoms with Crippen molar-refractivity contribution in [2.75, 3.05) is 34.4 Å². The Labute approximate surface area is 107 Å². The van der Waals surface area contributed by atoms with Gasteiger partial charge >= 0.3 is 0 Å². The molecule has 0 fully saturated rings. The van der Waals surface area contributed by atoms with E-state index in [1.807, 2.05) is 24.1 Å². The van der Waals surface area contributed by atoms with E-state index in [2.05, 4.69) is 0 Å². The van der Waals surface area contributed by atoms with Crippen molar-refractivity contribution in [2.24, 2.45) is 0 Å². The lowest BCUT2D eigenvalue weighted by Crippen LogP contribution is -2.15. The highest BCUT2D eigenvalue weighted by Gasteiger charge is 2.13. The fraction of sp³-hybridized carbons (Fsp3) is 0.500. The Hall–Kier alpha value is -1.13. The molecular formula is C12H18ClNO3. The molecule has 0 spiro atoms. The lowest BCUT2D eigenvalue weighted by atomic mass is 10.1. The van der Waals surface area contributed by atoms with E-state index in [0.717, 1.165) is 12.1 Å². The van der Waals surface area contributed by atoms with Gasteiger partial charge in [-0.2, -0.15) is 0 Å². The van der Waals surface area contributed by atoms with E-state index in [0.29, 0.717) is 23.3 Å². The van der Waals surface area contributed by atoms with E-state index in [4.69, 9.17) is 25.8 Å². The minimum absolute atomic E-state index is 0.469. The lowest BCUT2D eigenvalue weighted by molar-refractivity contribution is 0.321. The van der Waals surface area contributed by atoms with Gasteiger partial charge in [0.15, 0.2) is 11.5 Å². The number of nitrogens with zero attached hydrogens (tertiary/aromatic N) is 1. The van der Waals surface area contributed by atoms with Crippen LogP contribution in [0.3, 0.4) is 0 Å². The van der Waals surface area contributed by atoms with Gasteiger partial charge in [-0.15, -0.1) is 11.6 Å². The molecule has 0 bridgehead atoms. The van der Waals surface area contributed by atoms with Crippen LogP contribution in [0.25, 0.3) is 0 Å². The van der Waals surface area contributed by atoms with Gasteiger partial charge in [-0.1, -0.05) is 0 Å². The van der Waals surface area contributed by atoms with Crippen LogP contribution in [-0.4, -0.2) is 39.3 Å². The molecule has 0 radical (unpaired) electrons. The zero-order valence-corrected chi connectivity index (χ0v) is 11.4. The minimum Gasteiger partial charge on any atom is -0.493 e. The van der Waals surface area contributed by atoms with Crippen molar-refractivity contribution in [3.63, 3.8) is 0 Å². The van der Waals surface area contributed by atoms with Gasteiger partial charge < -0.3 is 14.2 Å². The maximum absolute atomic E-state index is 5.75. The fourth-order valence-corrected chi connectivity index (χ4v) is 1.67. The van der Waals surface area contributed by atoms with Crippen molar-refractivity contribution < 1.29 is 14.2 Å². The number of hydrogen-bond donors (Lipinski definition) is 0. The number of methoxy groups -OCH3 is 3. The van der Waals surface area contributed by atoms with E-state index in [-0.39, 0.29) is 0 Å². The first kappa shape index (κ1) is 13.9. The van der Waals surface area contributed by atoms with Crippen LogP contribution < -0.4 is 14.2 Å². The highest BCUT2D eigenvalue weighted by molar-refractivity contribution is 6.17. The van der Waals surface area contributed by atoms with Gasteiger partial charge in [-0.05, 0) is 24.7 Å². The molecule has 1 aromatic rings. The van der Waals surface area contributed by atoms with Crippen LogP contribution in [0.15, 0.2) is 12.1 Å². The third-order valence-electron chi connectivity index (χ3n) is 2.38. The number of benzene rings is 1. The molecule has 17 heavy (non-hydrogen) atoms. The van der Waals surface area contributed by atoms with Crippen molar-refractivity contribution in [1.82, 2.24) is 4.90 Å². The molecule has 5 heteroatoms. The average molecular weight is 260 g/mol. The Bertz CT molecular complexity index is 346. The first-order chi connectivity index (χ1) is 8.15. The van der Waals surface area contributed by atoms with Gasteiger partial charge in [0.05, 0.1) is 27.3 Å². The number of halogens is 1. The molecule has 0 aliphatic heterocycles. The molecule has 0 amide bonds. The van der Waals surface area contributed by atoms with Crippen molar-refractivity contribution in [2.45, 2.75) is 6.54 Å². The summed E-state index contributed by atoms with van der Waals surface area (Å²) in [5.74, 6) is 1.92. The third kappa shape index (κ3) is 3.41. The zero-order chi connectivity index (χ0) is 12.8. The van der Waals surface area contributed by atoms with Crippen molar-refractivity contribution in [1.29, 1.82) is 0 Å². The Morgan fingerprint density at radius 3 is 1.94 bits per heavy atom. The predicted molar refractivity (Wildman–Crippen MR) is 68.3 cm³/mol. The molecule has 1 rings (SSSR count). The van der Waals surface area contributed by atoms with Crippen LogP contribution in [0.5, 0.6) is 17.2 Å². The smallest absolute Gasteiger partial charge is 0.203 e. The number of ether oxygens (including phenoxy) is 3. The lowest BCUT2D eigenvalue weighted by Gasteiger charge is -2.17. The molecule has 0 aliphatic rings. The number of hydrogen-bond acceptors (Lipinski definition) is 4. The summed E-state index contributed by atoms with van der Waals surface area (Å²) in [5, 5.41) is 0. The van der Waals surface area contributed by atoms with Gasteiger partial charge in [0, 0.05) is 6.54 Å². The fourth-order valence-electron chi connectivity index (χ4n) is 1.58. The zero-order valence-electron chi connectivity index (χ0n) is 10.6. The third-order valence-corrected chi connectivity index (χ3v) is 2.79. The van der Waals surface area contributed by atoms with Gasteiger partial charge in [0.1, 0.15) is 0 Å². The summed E-state index contributed by atoms with van der Waals surface area (Å²) in [6.45, 7) is 0.722. The van der Waals surface area contributed by atoms with Crippen LogP contribution in [-0.2, 0) is 6.54 Å². The molecule has 0 saturated heterocycles. The maximum atomic E-state index is 5.75. The molecule has 0 aromatic heterocycles. The normalized spacial score (nSPS) is 10.5. The quantitative estimate of drug-likeness (QED) is 0.580. The predicted octanol–water partition coefficient (Wildman–Crippen LogP) is 2.34. The molecule has 0 atom stereocenters. The monoisotopic (exact) mass is 259 g/mol. The molecule has 0 unspecified atom stereocenters. The largest absolute Gasteiger partial charge is 0.493 e. The molecule has 4 nitrogen and oxygen atoms in total. The average Bonchev–Trinajstić information content (AvgIpc) is 2.37. The SMILES string of the molecule is COc1cc(CN(C)CCl)cc(OC)c1OC. The van der Waals surface area contributed by atoms with Gasteiger partial charge in [-0.25, -0.2) is 0 Å². The second-order valence-electron chi connectivity index (χ2n) is 3.67. The topological polar surface area (TPSA) is 30.9 Å². The van der Waals surface area contributed by atoms with Crippen molar-refractivity contribution in [3.8, 4) is 17.2 Å². The highest BCUT2D eigenvalue weighted by Crippen LogP contribution is 2.38. The van der Waals surface area contributed by atoms with Crippen LogP contribution in [0.2, 0.25) is 0 Å². The van der Waals surface area contributed by atoms with Crippen molar-refractivity contribution >= 4 is 11.6 Å². The Morgan fingerprint density at radius 2 is 1.59 bits per heavy atom. The highest BCUT2D eigenvalue weighted by atomic mass is 35.5.